The van der Waals surface area contributed by atoms with Crippen molar-refractivity contribution >= 4 is 23.5 Å². The highest BCUT2D eigenvalue weighted by Crippen LogP contribution is 2.13. The van der Waals surface area contributed by atoms with Gasteiger partial charge in [0.1, 0.15) is 0 Å². The largest absolute Gasteiger partial charge is 0.478 e. The number of carbonyl (C=O) groups is 3. The van der Waals surface area contributed by atoms with Gasteiger partial charge in [-0.1, -0.05) is 6.07 Å². The molecule has 0 spiro atoms. The fraction of sp³-hybridized carbons (Fsp3) is 0.154. The highest BCUT2D eigenvalue weighted by molar-refractivity contribution is 6.08. The molecule has 0 unspecified atom stereocenters. The van der Waals surface area contributed by atoms with Crippen LogP contribution in [0.5, 0.6) is 0 Å². The van der Waals surface area contributed by atoms with Crippen LogP contribution in [0.2, 0.25) is 0 Å². The molecule has 0 bridgehead atoms. The number of nitrogens with two attached hydrogens (primary N) is 1. The lowest BCUT2D eigenvalue weighted by atomic mass is 10.1. The van der Waals surface area contributed by atoms with Gasteiger partial charge in [0.25, 0.3) is 5.91 Å². The summed E-state index contributed by atoms with van der Waals surface area (Å²) < 4.78 is 0. The lowest BCUT2D eigenvalue weighted by molar-refractivity contribution is -0.133. The van der Waals surface area contributed by atoms with Crippen LogP contribution in [0.25, 0.3) is 0 Å². The summed E-state index contributed by atoms with van der Waals surface area (Å²) in [5.41, 5.74) is 5.81. The molecule has 0 heterocycles. The van der Waals surface area contributed by atoms with Crippen molar-refractivity contribution in [1.29, 1.82) is 0 Å². The van der Waals surface area contributed by atoms with E-state index in [0.717, 1.165) is 0 Å². The van der Waals surface area contributed by atoms with Gasteiger partial charge in [-0.15, -0.1) is 0 Å². The van der Waals surface area contributed by atoms with Gasteiger partial charge >= 0.3 is 5.97 Å². The summed E-state index contributed by atoms with van der Waals surface area (Å²) in [6.07, 6.45) is 0. The third-order valence-corrected chi connectivity index (χ3v) is 2.63. The van der Waals surface area contributed by atoms with Gasteiger partial charge in [0.2, 0.25) is 5.91 Å². The first-order valence-corrected chi connectivity index (χ1v) is 5.45. The number of primary amides is 1. The molecule has 0 radical (unpaired) electrons. The van der Waals surface area contributed by atoms with E-state index in [1.807, 2.05) is 0 Å². The average molecular weight is 262 g/mol. The van der Waals surface area contributed by atoms with E-state index in [1.54, 1.807) is 12.1 Å². The number of anilines is 1. The normalized spacial score (nSPS) is 11.5. The fourth-order valence-electron chi connectivity index (χ4n) is 1.31. The summed E-state index contributed by atoms with van der Waals surface area (Å²) in [6, 6.07) is 6.08. The molecule has 0 saturated carbocycles. The number of hydrogen-bond acceptors (Lipinski definition) is 3. The third-order valence-electron chi connectivity index (χ3n) is 2.63. The molecule has 0 fully saturated rings. The Bertz CT molecular complexity index is 576. The topological polar surface area (TPSA) is 109 Å². The predicted octanol–water partition coefficient (Wildman–Crippen LogP) is 1.15. The Labute approximate surface area is 109 Å². The lowest BCUT2D eigenvalue weighted by Crippen LogP contribution is -2.17. The summed E-state index contributed by atoms with van der Waals surface area (Å²) in [4.78, 5) is 33.5. The molecule has 6 heteroatoms. The molecular weight excluding hydrogens is 248 g/mol. The Morgan fingerprint density at radius 1 is 1.16 bits per heavy atom. The van der Waals surface area contributed by atoms with Crippen LogP contribution in [-0.4, -0.2) is 22.9 Å². The van der Waals surface area contributed by atoms with Crippen molar-refractivity contribution in [3.63, 3.8) is 0 Å². The molecule has 0 aromatic heterocycles. The number of carboxylic acid groups (broad SMARTS) is 1. The summed E-state index contributed by atoms with van der Waals surface area (Å²) in [7, 11) is 0. The van der Waals surface area contributed by atoms with Gasteiger partial charge in [-0.2, -0.15) is 0 Å². The molecule has 0 saturated heterocycles. The van der Waals surface area contributed by atoms with E-state index in [-0.39, 0.29) is 16.7 Å². The van der Waals surface area contributed by atoms with Crippen molar-refractivity contribution in [2.24, 2.45) is 5.73 Å². The number of rotatable bonds is 4. The molecule has 19 heavy (non-hydrogen) atoms. The lowest BCUT2D eigenvalue weighted by Gasteiger charge is -2.07. The molecule has 1 aromatic carbocycles. The van der Waals surface area contributed by atoms with E-state index in [9.17, 15) is 14.4 Å². The monoisotopic (exact) mass is 262 g/mol. The fourth-order valence-corrected chi connectivity index (χ4v) is 1.31. The molecular formula is C13H14N2O4. The standard InChI is InChI=1S/C13H14N2O4/c1-7(8(2)13(18)19)12(17)15-10-5-3-4-9(6-10)11(14)16/h3-6H,1-2H3,(H2,14,16)(H,15,17)(H,18,19)/b8-7-. The van der Waals surface area contributed by atoms with E-state index < -0.39 is 17.8 Å². The Morgan fingerprint density at radius 3 is 2.32 bits per heavy atom. The molecule has 1 aromatic rings. The Hall–Kier alpha value is -2.63. The molecule has 2 amide bonds. The number of benzene rings is 1. The Balaban J connectivity index is 2.95. The zero-order valence-corrected chi connectivity index (χ0v) is 10.6. The highest BCUT2D eigenvalue weighted by Gasteiger charge is 2.13. The van der Waals surface area contributed by atoms with E-state index in [4.69, 9.17) is 10.8 Å². The molecule has 0 aliphatic rings. The number of amides is 2. The SMILES string of the molecule is C/C(C(=O)O)=C(\C)C(=O)Nc1cccc(C(N)=O)c1. The van der Waals surface area contributed by atoms with Crippen molar-refractivity contribution in [3.8, 4) is 0 Å². The molecule has 6 nitrogen and oxygen atoms in total. The quantitative estimate of drug-likeness (QED) is 0.707. The van der Waals surface area contributed by atoms with Crippen LogP contribution in [0.1, 0.15) is 24.2 Å². The molecule has 0 aliphatic carbocycles. The second-order valence-electron chi connectivity index (χ2n) is 3.95. The first kappa shape index (κ1) is 14.4. The van der Waals surface area contributed by atoms with Gasteiger partial charge in [-0.05, 0) is 32.0 Å². The van der Waals surface area contributed by atoms with E-state index in [0.29, 0.717) is 5.69 Å². The molecule has 4 N–H and O–H groups in total. The summed E-state index contributed by atoms with van der Waals surface area (Å²) >= 11 is 0. The number of aliphatic carboxylic acids is 1. The number of carbonyl (C=O) groups excluding carboxylic acids is 2. The van der Waals surface area contributed by atoms with Gasteiger partial charge in [-0.25, -0.2) is 4.79 Å². The average Bonchev–Trinajstić information content (AvgIpc) is 2.37. The van der Waals surface area contributed by atoms with Crippen molar-refractivity contribution < 1.29 is 19.5 Å². The van der Waals surface area contributed by atoms with E-state index in [2.05, 4.69) is 5.32 Å². The summed E-state index contributed by atoms with van der Waals surface area (Å²) in [6.45, 7) is 2.76. The molecule has 1 rings (SSSR count). The van der Waals surface area contributed by atoms with Gasteiger partial charge in [0.15, 0.2) is 0 Å². The van der Waals surface area contributed by atoms with Crippen LogP contribution in [-0.2, 0) is 9.59 Å². The summed E-state index contributed by atoms with van der Waals surface area (Å²) in [5, 5.41) is 11.3. The number of hydrogen-bond donors (Lipinski definition) is 3. The van der Waals surface area contributed by atoms with Gasteiger partial charge in [0, 0.05) is 22.4 Å². The minimum Gasteiger partial charge on any atom is -0.478 e. The van der Waals surface area contributed by atoms with Crippen LogP contribution >= 0.6 is 0 Å². The van der Waals surface area contributed by atoms with E-state index in [1.165, 1.54) is 26.0 Å². The zero-order valence-electron chi connectivity index (χ0n) is 10.6. The van der Waals surface area contributed by atoms with Gasteiger partial charge < -0.3 is 16.2 Å². The van der Waals surface area contributed by atoms with Crippen molar-refractivity contribution in [1.82, 2.24) is 0 Å². The summed E-state index contributed by atoms with van der Waals surface area (Å²) in [5.74, 6) is -2.30. The smallest absolute Gasteiger partial charge is 0.331 e. The number of nitrogens with one attached hydrogen (secondary N) is 1. The number of carboxylic acids is 1. The van der Waals surface area contributed by atoms with E-state index >= 15 is 0 Å². The van der Waals surface area contributed by atoms with Crippen LogP contribution in [0.3, 0.4) is 0 Å². The first-order valence-electron chi connectivity index (χ1n) is 5.45. The highest BCUT2D eigenvalue weighted by atomic mass is 16.4. The van der Waals surface area contributed by atoms with Crippen molar-refractivity contribution in [2.75, 3.05) is 5.32 Å². The second-order valence-corrected chi connectivity index (χ2v) is 3.95. The zero-order chi connectivity index (χ0) is 14.6. The van der Waals surface area contributed by atoms with Crippen molar-refractivity contribution in [2.45, 2.75) is 13.8 Å². The van der Waals surface area contributed by atoms with Crippen LogP contribution in [0, 0.1) is 0 Å². The maximum atomic E-state index is 11.8. The molecule has 0 atom stereocenters. The van der Waals surface area contributed by atoms with Crippen LogP contribution < -0.4 is 11.1 Å². The third kappa shape index (κ3) is 3.67. The minimum atomic E-state index is -1.15. The molecule has 100 valence electrons. The Morgan fingerprint density at radius 2 is 1.79 bits per heavy atom. The van der Waals surface area contributed by atoms with Crippen LogP contribution in [0.15, 0.2) is 35.4 Å². The maximum absolute atomic E-state index is 11.8. The van der Waals surface area contributed by atoms with Gasteiger partial charge in [0.05, 0.1) is 0 Å². The maximum Gasteiger partial charge on any atom is 0.331 e. The first-order chi connectivity index (χ1) is 8.82. The second kappa shape index (κ2) is 5.81. The predicted molar refractivity (Wildman–Crippen MR) is 69.6 cm³/mol. The van der Waals surface area contributed by atoms with Crippen LogP contribution in [0.4, 0.5) is 5.69 Å². The Kier molecular flexibility index (Phi) is 4.41. The molecule has 0 aliphatic heterocycles. The minimum absolute atomic E-state index is 0.0384. The van der Waals surface area contributed by atoms with Crippen molar-refractivity contribution in [3.05, 3.63) is 41.0 Å². The van der Waals surface area contributed by atoms with Gasteiger partial charge in [-0.3, -0.25) is 9.59 Å².